The Labute approximate surface area is 125 Å². The zero-order chi connectivity index (χ0) is 13.2. The van der Waals surface area contributed by atoms with Crippen LogP contribution in [0.4, 0.5) is 0 Å². The van der Waals surface area contributed by atoms with Crippen molar-refractivity contribution in [2.75, 3.05) is 13.1 Å². The number of hydrogen-bond acceptors (Lipinski definition) is 2. The molecule has 19 heavy (non-hydrogen) atoms. The molecule has 0 radical (unpaired) electrons. The molecular formula is C15H20Cl2N2. The van der Waals surface area contributed by atoms with Crippen LogP contribution in [0, 0.1) is 0 Å². The monoisotopic (exact) mass is 298 g/mol. The highest BCUT2D eigenvalue weighted by Gasteiger charge is 2.34. The lowest BCUT2D eigenvalue weighted by Gasteiger charge is -2.32. The Morgan fingerprint density at radius 1 is 1.11 bits per heavy atom. The second-order valence-electron chi connectivity index (χ2n) is 5.62. The van der Waals surface area contributed by atoms with Crippen LogP contribution in [-0.4, -0.2) is 30.1 Å². The van der Waals surface area contributed by atoms with Crippen LogP contribution in [0.5, 0.6) is 0 Å². The second kappa shape index (κ2) is 6.01. The fourth-order valence-electron chi connectivity index (χ4n) is 3.38. The summed E-state index contributed by atoms with van der Waals surface area (Å²) < 4.78 is 0. The lowest BCUT2D eigenvalue weighted by Crippen LogP contribution is -2.44. The summed E-state index contributed by atoms with van der Waals surface area (Å²) in [4.78, 5) is 2.65. The van der Waals surface area contributed by atoms with E-state index < -0.39 is 0 Å². The van der Waals surface area contributed by atoms with Crippen molar-refractivity contribution in [2.45, 2.75) is 44.3 Å². The van der Waals surface area contributed by atoms with E-state index in [9.17, 15) is 0 Å². The SMILES string of the molecule is Clc1ccc(CNC2CCN3CCCCC23)cc1Cl. The number of hydrogen-bond donors (Lipinski definition) is 1. The molecule has 3 rings (SSSR count). The highest BCUT2D eigenvalue weighted by atomic mass is 35.5. The maximum absolute atomic E-state index is 6.05. The average molecular weight is 299 g/mol. The smallest absolute Gasteiger partial charge is 0.0595 e. The molecule has 0 amide bonds. The van der Waals surface area contributed by atoms with Crippen LogP contribution in [0.3, 0.4) is 0 Å². The molecule has 0 bridgehead atoms. The molecule has 2 unspecified atom stereocenters. The van der Waals surface area contributed by atoms with Crippen LogP contribution in [0.2, 0.25) is 10.0 Å². The number of fused-ring (bicyclic) bond motifs is 1. The first-order chi connectivity index (χ1) is 9.24. The van der Waals surface area contributed by atoms with E-state index in [1.807, 2.05) is 12.1 Å². The molecule has 4 heteroatoms. The Bertz CT molecular complexity index is 450. The summed E-state index contributed by atoms with van der Waals surface area (Å²) in [5.41, 5.74) is 1.21. The van der Waals surface area contributed by atoms with E-state index in [4.69, 9.17) is 23.2 Å². The van der Waals surface area contributed by atoms with Gasteiger partial charge in [0.2, 0.25) is 0 Å². The zero-order valence-corrected chi connectivity index (χ0v) is 12.6. The molecule has 2 heterocycles. The Kier molecular flexibility index (Phi) is 4.33. The highest BCUT2D eigenvalue weighted by molar-refractivity contribution is 6.42. The van der Waals surface area contributed by atoms with Crippen molar-refractivity contribution in [3.05, 3.63) is 33.8 Å². The summed E-state index contributed by atoms with van der Waals surface area (Å²) >= 11 is 12.0. The lowest BCUT2D eigenvalue weighted by molar-refractivity contribution is 0.180. The van der Waals surface area contributed by atoms with Crippen LogP contribution < -0.4 is 5.32 Å². The van der Waals surface area contributed by atoms with E-state index in [-0.39, 0.29) is 0 Å². The van der Waals surface area contributed by atoms with Gasteiger partial charge in [-0.25, -0.2) is 0 Å². The third-order valence-corrected chi connectivity index (χ3v) is 5.15. The Morgan fingerprint density at radius 2 is 2.00 bits per heavy atom. The number of benzene rings is 1. The van der Waals surface area contributed by atoms with Crippen molar-refractivity contribution in [1.29, 1.82) is 0 Å². The van der Waals surface area contributed by atoms with Gasteiger partial charge in [-0.15, -0.1) is 0 Å². The molecule has 0 spiro atoms. The molecule has 2 atom stereocenters. The summed E-state index contributed by atoms with van der Waals surface area (Å²) in [6.07, 6.45) is 5.37. The number of rotatable bonds is 3. The van der Waals surface area contributed by atoms with Crippen LogP contribution in [0.25, 0.3) is 0 Å². The Hall–Kier alpha value is -0.280. The minimum Gasteiger partial charge on any atom is -0.308 e. The van der Waals surface area contributed by atoms with E-state index in [0.29, 0.717) is 16.1 Å². The maximum atomic E-state index is 6.05. The Balaban J connectivity index is 1.58. The van der Waals surface area contributed by atoms with Crippen molar-refractivity contribution >= 4 is 23.2 Å². The molecule has 1 aromatic rings. The number of nitrogens with zero attached hydrogens (tertiary/aromatic N) is 1. The standard InChI is InChI=1S/C15H20Cl2N2/c16-12-5-4-11(9-13(12)17)10-18-14-6-8-19-7-2-1-3-15(14)19/h4-5,9,14-15,18H,1-3,6-8,10H2. The Morgan fingerprint density at radius 3 is 2.84 bits per heavy atom. The van der Waals surface area contributed by atoms with Crippen LogP contribution >= 0.6 is 23.2 Å². The molecule has 1 aromatic carbocycles. The zero-order valence-electron chi connectivity index (χ0n) is 11.0. The van der Waals surface area contributed by atoms with Crippen molar-refractivity contribution in [1.82, 2.24) is 10.2 Å². The molecular weight excluding hydrogens is 279 g/mol. The quantitative estimate of drug-likeness (QED) is 0.915. The summed E-state index contributed by atoms with van der Waals surface area (Å²) in [7, 11) is 0. The number of halogens is 2. The molecule has 2 fully saturated rings. The third-order valence-electron chi connectivity index (χ3n) is 4.41. The summed E-state index contributed by atoms with van der Waals surface area (Å²) in [5.74, 6) is 0. The molecule has 0 aliphatic carbocycles. The predicted octanol–water partition coefficient (Wildman–Crippen LogP) is 3.71. The van der Waals surface area contributed by atoms with Gasteiger partial charge in [-0.2, -0.15) is 0 Å². The number of nitrogens with one attached hydrogen (secondary N) is 1. The van der Waals surface area contributed by atoms with Gasteiger partial charge < -0.3 is 5.32 Å². The van der Waals surface area contributed by atoms with Crippen LogP contribution in [-0.2, 0) is 6.54 Å². The van der Waals surface area contributed by atoms with E-state index in [1.165, 1.54) is 44.3 Å². The van der Waals surface area contributed by atoms with Crippen molar-refractivity contribution in [3.8, 4) is 0 Å². The first-order valence-corrected chi connectivity index (χ1v) is 7.91. The van der Waals surface area contributed by atoms with E-state index >= 15 is 0 Å². The summed E-state index contributed by atoms with van der Waals surface area (Å²) in [6, 6.07) is 7.27. The van der Waals surface area contributed by atoms with Crippen LogP contribution in [0.1, 0.15) is 31.2 Å². The van der Waals surface area contributed by atoms with Gasteiger partial charge in [0.05, 0.1) is 10.0 Å². The normalized spacial score (nSPS) is 27.5. The topological polar surface area (TPSA) is 15.3 Å². The first kappa shape index (κ1) is 13.7. The van der Waals surface area contributed by atoms with Gasteiger partial charge in [0.1, 0.15) is 0 Å². The average Bonchev–Trinajstić information content (AvgIpc) is 2.83. The molecule has 1 N–H and O–H groups in total. The van der Waals surface area contributed by atoms with Crippen molar-refractivity contribution in [3.63, 3.8) is 0 Å². The van der Waals surface area contributed by atoms with Gasteiger partial charge in [0.25, 0.3) is 0 Å². The molecule has 104 valence electrons. The van der Waals surface area contributed by atoms with Crippen LogP contribution in [0.15, 0.2) is 18.2 Å². The fourth-order valence-corrected chi connectivity index (χ4v) is 3.70. The minimum absolute atomic E-state index is 0.629. The summed E-state index contributed by atoms with van der Waals surface area (Å²) in [5, 5.41) is 4.97. The number of piperidine rings is 1. The molecule has 2 aliphatic rings. The van der Waals surface area contributed by atoms with Gasteiger partial charge >= 0.3 is 0 Å². The minimum atomic E-state index is 0.629. The first-order valence-electron chi connectivity index (χ1n) is 7.15. The summed E-state index contributed by atoms with van der Waals surface area (Å²) in [6.45, 7) is 3.42. The predicted molar refractivity (Wildman–Crippen MR) is 80.9 cm³/mol. The maximum Gasteiger partial charge on any atom is 0.0595 e. The van der Waals surface area contributed by atoms with Gasteiger partial charge in [-0.05, 0) is 43.5 Å². The van der Waals surface area contributed by atoms with Gasteiger partial charge in [0, 0.05) is 25.2 Å². The van der Waals surface area contributed by atoms with Gasteiger partial charge in [0.15, 0.2) is 0 Å². The van der Waals surface area contributed by atoms with E-state index in [2.05, 4.69) is 16.3 Å². The van der Waals surface area contributed by atoms with Gasteiger partial charge in [-0.1, -0.05) is 35.7 Å². The molecule has 2 nitrogen and oxygen atoms in total. The molecule has 2 saturated heterocycles. The van der Waals surface area contributed by atoms with Crippen molar-refractivity contribution in [2.24, 2.45) is 0 Å². The van der Waals surface area contributed by atoms with E-state index in [0.717, 1.165) is 12.6 Å². The molecule has 2 aliphatic heterocycles. The van der Waals surface area contributed by atoms with E-state index in [1.54, 1.807) is 0 Å². The fraction of sp³-hybridized carbons (Fsp3) is 0.600. The van der Waals surface area contributed by atoms with Gasteiger partial charge in [-0.3, -0.25) is 4.90 Å². The lowest BCUT2D eigenvalue weighted by atomic mass is 9.99. The second-order valence-corrected chi connectivity index (χ2v) is 6.44. The highest BCUT2D eigenvalue weighted by Crippen LogP contribution is 2.28. The molecule has 0 saturated carbocycles. The van der Waals surface area contributed by atoms with Crippen molar-refractivity contribution < 1.29 is 0 Å². The third kappa shape index (κ3) is 3.08. The largest absolute Gasteiger partial charge is 0.308 e. The molecule has 0 aromatic heterocycles.